The molecule has 1 aliphatic carbocycles. The molecule has 3 nitrogen and oxygen atoms in total. The molecule has 2 aromatic heterocycles. The Morgan fingerprint density at radius 3 is 1.84 bits per heavy atom. The molecule has 0 unspecified atom stereocenters. The number of anilines is 3. The summed E-state index contributed by atoms with van der Waals surface area (Å²) in [6.45, 7) is 6.76. The van der Waals surface area contributed by atoms with Crippen LogP contribution >= 0.6 is 0 Å². The second-order valence-electron chi connectivity index (χ2n) is 16.6. The van der Waals surface area contributed by atoms with Crippen molar-refractivity contribution in [2.45, 2.75) is 26.2 Å². The van der Waals surface area contributed by atoms with Crippen LogP contribution in [0.5, 0.6) is 0 Å². The van der Waals surface area contributed by atoms with Crippen LogP contribution in [0.25, 0.3) is 72.2 Å². The summed E-state index contributed by atoms with van der Waals surface area (Å²) in [6.07, 6.45) is 0. The summed E-state index contributed by atoms with van der Waals surface area (Å²) in [4.78, 5) is 2.38. The van der Waals surface area contributed by atoms with E-state index in [2.05, 4.69) is 189 Å². The molecule has 0 N–H and O–H groups in total. The van der Waals surface area contributed by atoms with Gasteiger partial charge in [-0.3, -0.25) is 0 Å². The Morgan fingerprint density at radius 2 is 1.07 bits per heavy atom. The van der Waals surface area contributed by atoms with Crippen LogP contribution in [0.2, 0.25) is 0 Å². The van der Waals surface area contributed by atoms with Gasteiger partial charge in [-0.1, -0.05) is 159 Å². The SMILES string of the molecule is Cc1c(-c2ccc(-c3cccc(N(c4ccc(-c5ccccc5)cc4)c4ccc5c(c4)C(C)(C)c4ccccc4-5)c3)cc2)nn2c(-c3ccccc3)cc3ccc(F)cc3c12. The van der Waals surface area contributed by atoms with Crippen molar-refractivity contribution in [3.8, 4) is 55.9 Å². The topological polar surface area (TPSA) is 20.5 Å². The molecule has 0 aliphatic heterocycles. The number of aromatic nitrogens is 2. The summed E-state index contributed by atoms with van der Waals surface area (Å²) < 4.78 is 16.7. The minimum atomic E-state index is -0.260. The zero-order valence-corrected chi connectivity index (χ0v) is 34.3. The lowest BCUT2D eigenvalue weighted by Gasteiger charge is -2.28. The van der Waals surface area contributed by atoms with Gasteiger partial charge in [0, 0.05) is 44.6 Å². The molecule has 0 saturated carbocycles. The first-order chi connectivity index (χ1) is 29.8. The number of pyridine rings is 1. The average Bonchev–Trinajstić information content (AvgIpc) is 3.77. The van der Waals surface area contributed by atoms with Gasteiger partial charge in [0.05, 0.1) is 16.9 Å². The Morgan fingerprint density at radius 1 is 0.475 bits per heavy atom. The van der Waals surface area contributed by atoms with Crippen LogP contribution in [0.1, 0.15) is 30.5 Å². The van der Waals surface area contributed by atoms with Gasteiger partial charge >= 0.3 is 0 Å². The second-order valence-corrected chi connectivity index (χ2v) is 16.6. The van der Waals surface area contributed by atoms with E-state index in [9.17, 15) is 4.39 Å². The first kappa shape index (κ1) is 36.5. The molecule has 0 radical (unpaired) electrons. The summed E-state index contributed by atoms with van der Waals surface area (Å²) in [5.41, 5.74) is 18.9. The third kappa shape index (κ3) is 6.14. The normalized spacial score (nSPS) is 12.7. The Hall–Kier alpha value is -7.56. The standard InChI is InChI=1S/C57H42FN3/c1-37-55(59-61-54(41-15-8-5-9-16-41)34-44-25-28-45(58)35-51(44)56(37)61)42-23-21-40(22-24-42)43-17-12-18-47(33-43)60(46-29-26-39(27-30-46)38-13-6-4-7-14-38)48-31-32-50-49-19-10-11-20-52(49)57(2,3)53(50)36-48/h4-36H,1-3H3. The molecule has 1 aliphatic rings. The molecule has 0 amide bonds. The predicted molar refractivity (Wildman–Crippen MR) is 251 cm³/mol. The predicted octanol–water partition coefficient (Wildman–Crippen LogP) is 15.4. The Labute approximate surface area is 355 Å². The highest BCUT2D eigenvalue weighted by Crippen LogP contribution is 2.51. The smallest absolute Gasteiger partial charge is 0.123 e. The Kier molecular flexibility index (Phi) is 8.57. The van der Waals surface area contributed by atoms with E-state index >= 15 is 0 Å². The fraction of sp³-hybridized carbons (Fsp3) is 0.0702. The quantitative estimate of drug-likeness (QED) is 0.160. The van der Waals surface area contributed by atoms with Gasteiger partial charge in [-0.2, -0.15) is 5.10 Å². The van der Waals surface area contributed by atoms with Crippen molar-refractivity contribution in [2.24, 2.45) is 0 Å². The van der Waals surface area contributed by atoms with E-state index in [0.717, 1.165) is 72.6 Å². The molecule has 0 atom stereocenters. The molecule has 4 heteroatoms. The zero-order valence-electron chi connectivity index (χ0n) is 34.3. The molecule has 2 heterocycles. The van der Waals surface area contributed by atoms with Crippen molar-refractivity contribution in [1.82, 2.24) is 9.61 Å². The summed E-state index contributed by atoms with van der Waals surface area (Å²) in [7, 11) is 0. The van der Waals surface area contributed by atoms with Crippen LogP contribution < -0.4 is 4.90 Å². The van der Waals surface area contributed by atoms with E-state index in [1.54, 1.807) is 6.07 Å². The lowest BCUT2D eigenvalue weighted by atomic mass is 9.82. The number of halogens is 1. The molecule has 0 spiro atoms. The average molecular weight is 788 g/mol. The molecule has 11 rings (SSSR count). The van der Waals surface area contributed by atoms with Crippen molar-refractivity contribution in [3.63, 3.8) is 0 Å². The summed E-state index contributed by atoms with van der Waals surface area (Å²) in [6, 6.07) is 70.1. The Balaban J connectivity index is 0.993. The third-order valence-corrected chi connectivity index (χ3v) is 12.6. The number of aryl methyl sites for hydroxylation is 1. The number of hydrogen-bond donors (Lipinski definition) is 0. The van der Waals surface area contributed by atoms with E-state index < -0.39 is 0 Å². The molecular weight excluding hydrogens is 746 g/mol. The number of hydrogen-bond acceptors (Lipinski definition) is 2. The van der Waals surface area contributed by atoms with E-state index in [-0.39, 0.29) is 11.2 Å². The third-order valence-electron chi connectivity index (χ3n) is 12.6. The largest absolute Gasteiger partial charge is 0.310 e. The van der Waals surface area contributed by atoms with Crippen molar-refractivity contribution >= 4 is 33.4 Å². The lowest BCUT2D eigenvalue weighted by Crippen LogP contribution is -2.16. The van der Waals surface area contributed by atoms with E-state index in [0.29, 0.717) is 0 Å². The fourth-order valence-corrected chi connectivity index (χ4v) is 9.50. The van der Waals surface area contributed by atoms with E-state index in [1.807, 2.05) is 28.8 Å². The van der Waals surface area contributed by atoms with Crippen LogP contribution in [-0.2, 0) is 5.41 Å². The number of nitrogens with zero attached hydrogens (tertiary/aromatic N) is 3. The van der Waals surface area contributed by atoms with Crippen molar-refractivity contribution in [1.29, 1.82) is 0 Å². The number of rotatable bonds is 7. The summed E-state index contributed by atoms with van der Waals surface area (Å²) >= 11 is 0. The minimum Gasteiger partial charge on any atom is -0.310 e. The molecule has 0 fully saturated rings. The molecule has 10 aromatic rings. The van der Waals surface area contributed by atoms with Gasteiger partial charge in [0.2, 0.25) is 0 Å². The Bertz CT molecular complexity index is 3270. The van der Waals surface area contributed by atoms with Gasteiger partial charge in [0.25, 0.3) is 0 Å². The molecule has 8 aromatic carbocycles. The van der Waals surface area contributed by atoms with Gasteiger partial charge in [-0.05, 0) is 111 Å². The van der Waals surface area contributed by atoms with Gasteiger partial charge < -0.3 is 4.90 Å². The maximum absolute atomic E-state index is 14.7. The summed E-state index contributed by atoms with van der Waals surface area (Å²) in [5, 5.41) is 7.03. The highest BCUT2D eigenvalue weighted by molar-refractivity contribution is 6.01. The van der Waals surface area contributed by atoms with Gasteiger partial charge in [-0.15, -0.1) is 0 Å². The number of fused-ring (bicyclic) bond motifs is 6. The second kappa shape index (κ2) is 14.3. The number of benzene rings is 8. The van der Waals surface area contributed by atoms with Crippen molar-refractivity contribution < 1.29 is 4.39 Å². The van der Waals surface area contributed by atoms with E-state index in [1.165, 1.54) is 39.4 Å². The van der Waals surface area contributed by atoms with Crippen LogP contribution in [0.3, 0.4) is 0 Å². The minimum absolute atomic E-state index is 0.125. The molecule has 0 bridgehead atoms. The highest BCUT2D eigenvalue weighted by Gasteiger charge is 2.35. The maximum Gasteiger partial charge on any atom is 0.123 e. The van der Waals surface area contributed by atoms with Gasteiger partial charge in [-0.25, -0.2) is 8.91 Å². The highest BCUT2D eigenvalue weighted by atomic mass is 19.1. The van der Waals surface area contributed by atoms with E-state index in [4.69, 9.17) is 5.10 Å². The lowest BCUT2D eigenvalue weighted by molar-refractivity contribution is 0.630. The molecule has 0 saturated heterocycles. The van der Waals surface area contributed by atoms with Gasteiger partial charge in [0.15, 0.2) is 0 Å². The first-order valence-corrected chi connectivity index (χ1v) is 20.9. The molecular formula is C57H42FN3. The van der Waals surface area contributed by atoms with Crippen molar-refractivity contribution in [3.05, 3.63) is 223 Å². The fourth-order valence-electron chi connectivity index (χ4n) is 9.50. The van der Waals surface area contributed by atoms with Crippen LogP contribution in [0.15, 0.2) is 200 Å². The molecule has 61 heavy (non-hydrogen) atoms. The molecule has 292 valence electrons. The van der Waals surface area contributed by atoms with Crippen LogP contribution in [0.4, 0.5) is 21.5 Å². The monoisotopic (exact) mass is 787 g/mol. The summed E-state index contributed by atoms with van der Waals surface area (Å²) in [5.74, 6) is -0.260. The van der Waals surface area contributed by atoms with Gasteiger partial charge in [0.1, 0.15) is 5.82 Å². The van der Waals surface area contributed by atoms with Crippen LogP contribution in [-0.4, -0.2) is 9.61 Å². The van der Waals surface area contributed by atoms with Crippen LogP contribution in [0, 0.1) is 12.7 Å². The first-order valence-electron chi connectivity index (χ1n) is 20.9. The zero-order chi connectivity index (χ0) is 41.2. The van der Waals surface area contributed by atoms with Crippen molar-refractivity contribution in [2.75, 3.05) is 4.90 Å². The maximum atomic E-state index is 14.7.